The molecule has 152 valence electrons. The van der Waals surface area contributed by atoms with E-state index in [2.05, 4.69) is 6.92 Å². The molecule has 0 saturated heterocycles. The lowest BCUT2D eigenvalue weighted by atomic mass is 10.1. The molecule has 1 amide bonds. The van der Waals surface area contributed by atoms with E-state index in [4.69, 9.17) is 16.3 Å². The lowest BCUT2D eigenvalue weighted by molar-refractivity contribution is -0.160. The Morgan fingerprint density at radius 1 is 1.00 bits per heavy atom. The summed E-state index contributed by atoms with van der Waals surface area (Å²) < 4.78 is 5.22. The zero-order valence-electron chi connectivity index (χ0n) is 16.4. The fourth-order valence-corrected chi connectivity index (χ4v) is 3.78. The Balaban J connectivity index is 1.90. The number of unbranched alkanes of at least 4 members (excludes halogenated alkanes) is 5. The summed E-state index contributed by atoms with van der Waals surface area (Å²) in [5.74, 6) is -1.42. The van der Waals surface area contributed by atoms with Gasteiger partial charge in [0.2, 0.25) is 0 Å². The Labute approximate surface area is 176 Å². The molecule has 0 bridgehead atoms. The van der Waals surface area contributed by atoms with Crippen LogP contribution in [0.2, 0.25) is 5.02 Å². The topological polar surface area (TPSA) is 46.6 Å². The quantitative estimate of drug-likeness (QED) is 0.260. The van der Waals surface area contributed by atoms with E-state index < -0.39 is 11.9 Å². The van der Waals surface area contributed by atoms with Gasteiger partial charge in [-0.1, -0.05) is 74.9 Å². The molecule has 1 aromatic heterocycles. The van der Waals surface area contributed by atoms with Crippen molar-refractivity contribution in [2.45, 2.75) is 58.5 Å². The van der Waals surface area contributed by atoms with Crippen LogP contribution in [0.3, 0.4) is 0 Å². The van der Waals surface area contributed by atoms with Gasteiger partial charge in [0.05, 0.1) is 13.2 Å². The van der Waals surface area contributed by atoms with Crippen LogP contribution in [0.25, 0.3) is 0 Å². The highest BCUT2D eigenvalue weighted by Crippen LogP contribution is 2.20. The third kappa shape index (κ3) is 7.64. The molecule has 0 radical (unpaired) electrons. The SMILES string of the molecule is CCCCCCCCOC(=O)C(=O)N(Cc1cccs1)Cc1ccccc1Cl. The van der Waals surface area contributed by atoms with E-state index in [9.17, 15) is 9.59 Å². The number of esters is 1. The van der Waals surface area contributed by atoms with E-state index in [1.807, 2.05) is 35.7 Å². The van der Waals surface area contributed by atoms with Crippen molar-refractivity contribution in [3.63, 3.8) is 0 Å². The maximum atomic E-state index is 12.7. The number of rotatable bonds is 11. The fourth-order valence-electron chi connectivity index (χ4n) is 2.86. The Kier molecular flexibility index (Phi) is 10.1. The number of carbonyl (C=O) groups excluding carboxylic acids is 2. The average Bonchev–Trinajstić information content (AvgIpc) is 3.21. The van der Waals surface area contributed by atoms with Crippen molar-refractivity contribution >= 4 is 34.8 Å². The maximum absolute atomic E-state index is 12.7. The van der Waals surface area contributed by atoms with Crippen LogP contribution in [-0.4, -0.2) is 23.4 Å². The second-order valence-electron chi connectivity index (χ2n) is 6.74. The Bertz CT molecular complexity index is 733. The summed E-state index contributed by atoms with van der Waals surface area (Å²) in [7, 11) is 0. The molecule has 0 aliphatic carbocycles. The minimum absolute atomic E-state index is 0.266. The first-order valence-corrected chi connectivity index (χ1v) is 11.1. The second kappa shape index (κ2) is 12.6. The third-order valence-corrected chi connectivity index (χ3v) is 5.67. The van der Waals surface area contributed by atoms with Crippen molar-refractivity contribution in [1.82, 2.24) is 4.90 Å². The van der Waals surface area contributed by atoms with Crippen LogP contribution in [0.4, 0.5) is 0 Å². The monoisotopic (exact) mass is 421 g/mol. The minimum atomic E-state index is -0.794. The van der Waals surface area contributed by atoms with Crippen molar-refractivity contribution < 1.29 is 14.3 Å². The molecule has 0 saturated carbocycles. The highest BCUT2D eigenvalue weighted by Gasteiger charge is 2.24. The minimum Gasteiger partial charge on any atom is -0.459 e. The van der Waals surface area contributed by atoms with E-state index in [1.165, 1.54) is 24.2 Å². The van der Waals surface area contributed by atoms with Crippen LogP contribution in [0.5, 0.6) is 0 Å². The van der Waals surface area contributed by atoms with Crippen LogP contribution >= 0.6 is 22.9 Å². The van der Waals surface area contributed by atoms with Gasteiger partial charge in [-0.3, -0.25) is 4.79 Å². The third-order valence-electron chi connectivity index (χ3n) is 4.44. The summed E-state index contributed by atoms with van der Waals surface area (Å²) >= 11 is 7.78. The Morgan fingerprint density at radius 3 is 2.46 bits per heavy atom. The molecule has 4 nitrogen and oxygen atoms in total. The molecule has 0 aliphatic rings. The number of hydrogen-bond donors (Lipinski definition) is 0. The molecule has 0 aliphatic heterocycles. The highest BCUT2D eigenvalue weighted by molar-refractivity contribution is 7.09. The Hall–Kier alpha value is -1.85. The van der Waals surface area contributed by atoms with Crippen LogP contribution in [0.15, 0.2) is 41.8 Å². The largest absolute Gasteiger partial charge is 0.459 e. The number of ether oxygens (including phenoxy) is 1. The predicted octanol–water partition coefficient (Wildman–Crippen LogP) is 5.83. The van der Waals surface area contributed by atoms with E-state index in [0.29, 0.717) is 11.6 Å². The van der Waals surface area contributed by atoms with Gasteiger partial charge in [-0.2, -0.15) is 0 Å². The van der Waals surface area contributed by atoms with Crippen LogP contribution in [0, 0.1) is 0 Å². The molecule has 2 rings (SSSR count). The fraction of sp³-hybridized carbons (Fsp3) is 0.455. The van der Waals surface area contributed by atoms with Gasteiger partial charge in [0.25, 0.3) is 0 Å². The second-order valence-corrected chi connectivity index (χ2v) is 8.18. The first-order chi connectivity index (χ1) is 13.6. The van der Waals surface area contributed by atoms with Gasteiger partial charge in [0.15, 0.2) is 0 Å². The first kappa shape index (κ1) is 22.4. The summed E-state index contributed by atoms with van der Waals surface area (Å²) in [6, 6.07) is 11.2. The van der Waals surface area contributed by atoms with E-state index >= 15 is 0 Å². The van der Waals surface area contributed by atoms with Crippen molar-refractivity contribution in [2.24, 2.45) is 0 Å². The predicted molar refractivity (Wildman–Crippen MR) is 114 cm³/mol. The summed E-state index contributed by atoms with van der Waals surface area (Å²) in [5.41, 5.74) is 0.804. The van der Waals surface area contributed by atoms with Gasteiger partial charge in [-0.05, 0) is 29.5 Å². The molecule has 0 spiro atoms. The zero-order chi connectivity index (χ0) is 20.2. The molecule has 0 atom stereocenters. The number of benzene rings is 1. The number of amides is 1. The highest BCUT2D eigenvalue weighted by atomic mass is 35.5. The van der Waals surface area contributed by atoms with Crippen molar-refractivity contribution in [1.29, 1.82) is 0 Å². The molecule has 0 unspecified atom stereocenters. The maximum Gasteiger partial charge on any atom is 0.397 e. The van der Waals surface area contributed by atoms with Gasteiger partial charge in [0, 0.05) is 16.4 Å². The summed E-state index contributed by atoms with van der Waals surface area (Å²) in [6.45, 7) is 3.09. The zero-order valence-corrected chi connectivity index (χ0v) is 17.9. The van der Waals surface area contributed by atoms with Crippen molar-refractivity contribution in [3.8, 4) is 0 Å². The van der Waals surface area contributed by atoms with Gasteiger partial charge < -0.3 is 9.64 Å². The number of hydrogen-bond acceptors (Lipinski definition) is 4. The molecule has 1 aromatic carbocycles. The summed E-state index contributed by atoms with van der Waals surface area (Å²) in [5, 5.41) is 2.52. The number of halogens is 1. The number of carbonyl (C=O) groups is 2. The van der Waals surface area contributed by atoms with Gasteiger partial charge in [-0.25, -0.2) is 4.79 Å². The van der Waals surface area contributed by atoms with Gasteiger partial charge in [-0.15, -0.1) is 11.3 Å². The first-order valence-electron chi connectivity index (χ1n) is 9.83. The van der Waals surface area contributed by atoms with Crippen molar-refractivity contribution in [2.75, 3.05) is 6.61 Å². The molecule has 28 heavy (non-hydrogen) atoms. The average molecular weight is 422 g/mol. The van der Waals surface area contributed by atoms with E-state index in [1.54, 1.807) is 17.4 Å². The van der Waals surface area contributed by atoms with E-state index in [-0.39, 0.29) is 13.2 Å². The molecule has 0 N–H and O–H groups in total. The van der Waals surface area contributed by atoms with Crippen LogP contribution in [0.1, 0.15) is 55.9 Å². The summed E-state index contributed by atoms with van der Waals surface area (Å²) in [6.07, 6.45) is 6.58. The molecule has 0 fully saturated rings. The van der Waals surface area contributed by atoms with Crippen LogP contribution < -0.4 is 0 Å². The standard InChI is InChI=1S/C22H28ClNO3S/c1-2-3-4-5-6-9-14-27-22(26)21(25)24(17-19-12-10-15-28-19)16-18-11-7-8-13-20(18)23/h7-8,10-13,15H,2-6,9,14,16-17H2,1H3. The lowest BCUT2D eigenvalue weighted by Crippen LogP contribution is -2.36. The molecule has 2 aromatic rings. The molecule has 1 heterocycles. The number of nitrogens with zero attached hydrogens (tertiary/aromatic N) is 1. The smallest absolute Gasteiger partial charge is 0.397 e. The Morgan fingerprint density at radius 2 is 1.75 bits per heavy atom. The summed E-state index contributed by atoms with van der Waals surface area (Å²) in [4.78, 5) is 27.5. The van der Waals surface area contributed by atoms with Crippen LogP contribution in [-0.2, 0) is 27.4 Å². The van der Waals surface area contributed by atoms with Crippen molar-refractivity contribution in [3.05, 3.63) is 57.2 Å². The lowest BCUT2D eigenvalue weighted by Gasteiger charge is -2.22. The number of thiophene rings is 1. The molecule has 6 heteroatoms. The normalized spacial score (nSPS) is 10.6. The van der Waals surface area contributed by atoms with E-state index in [0.717, 1.165) is 29.7 Å². The van der Waals surface area contributed by atoms with Gasteiger partial charge in [0.1, 0.15) is 0 Å². The molecular formula is C22H28ClNO3S. The van der Waals surface area contributed by atoms with Gasteiger partial charge >= 0.3 is 11.9 Å². The molecular weight excluding hydrogens is 394 g/mol.